The summed E-state index contributed by atoms with van der Waals surface area (Å²) in [6, 6.07) is 17.3. The van der Waals surface area contributed by atoms with Gasteiger partial charge in [0.2, 0.25) is 5.91 Å². The van der Waals surface area contributed by atoms with Crippen molar-refractivity contribution in [1.29, 1.82) is 0 Å². The van der Waals surface area contributed by atoms with Crippen molar-refractivity contribution in [3.63, 3.8) is 0 Å². The van der Waals surface area contributed by atoms with Gasteiger partial charge in [0.1, 0.15) is 0 Å². The van der Waals surface area contributed by atoms with Gasteiger partial charge in [-0.3, -0.25) is 14.6 Å². The lowest BCUT2D eigenvalue weighted by atomic mass is 9.89. The van der Waals surface area contributed by atoms with Crippen LogP contribution in [0.1, 0.15) is 24.8 Å². The summed E-state index contributed by atoms with van der Waals surface area (Å²) in [4.78, 5) is 15.3. The number of hydrogen-bond donors (Lipinski definition) is 1. The third kappa shape index (κ3) is 3.23. The second kappa shape index (κ2) is 7.38. The van der Waals surface area contributed by atoms with E-state index in [1.54, 1.807) is 0 Å². The molecule has 2 aromatic heterocycles. The van der Waals surface area contributed by atoms with Crippen molar-refractivity contribution < 1.29 is 4.79 Å². The Morgan fingerprint density at radius 1 is 1.06 bits per heavy atom. The Balaban J connectivity index is 1.20. The van der Waals surface area contributed by atoms with Gasteiger partial charge in [0.05, 0.1) is 24.3 Å². The van der Waals surface area contributed by atoms with Crippen LogP contribution in [0.5, 0.6) is 0 Å². The lowest BCUT2D eigenvalue weighted by Crippen LogP contribution is -2.38. The molecule has 1 amide bonds. The topological polar surface area (TPSA) is 66.8 Å². The van der Waals surface area contributed by atoms with E-state index in [2.05, 4.69) is 38.0 Å². The summed E-state index contributed by atoms with van der Waals surface area (Å²) in [6.07, 6.45) is 9.52. The number of amides is 1. The predicted octanol–water partition coefficient (Wildman–Crippen LogP) is 4.05. The third-order valence-electron chi connectivity index (χ3n) is 7.03. The number of carbonyl (C=O) groups is 1. The highest BCUT2D eigenvalue weighted by Crippen LogP contribution is 2.43. The summed E-state index contributed by atoms with van der Waals surface area (Å²) >= 11 is 0. The minimum absolute atomic E-state index is 0.274. The second-order valence-electron chi connectivity index (χ2n) is 8.84. The van der Waals surface area contributed by atoms with Crippen molar-refractivity contribution in [2.75, 3.05) is 0 Å². The first-order valence-electron chi connectivity index (χ1n) is 11.1. The number of nitrogens with zero attached hydrogens (tertiary/aromatic N) is 4. The largest absolute Gasteiger partial charge is 0.336 e. The molecule has 0 spiro atoms. The molecule has 2 aliphatic heterocycles. The average molecular weight is 412 g/mol. The van der Waals surface area contributed by atoms with Crippen molar-refractivity contribution in [2.24, 2.45) is 5.92 Å². The highest BCUT2D eigenvalue weighted by Gasteiger charge is 2.48. The molecule has 2 bridgehead atoms. The number of aromatic amines is 1. The van der Waals surface area contributed by atoms with E-state index < -0.39 is 0 Å². The van der Waals surface area contributed by atoms with Crippen LogP contribution in [-0.4, -0.2) is 42.9 Å². The van der Waals surface area contributed by atoms with Gasteiger partial charge in [-0.25, -0.2) is 0 Å². The van der Waals surface area contributed by atoms with Crippen molar-refractivity contribution in [3.05, 3.63) is 72.7 Å². The van der Waals surface area contributed by atoms with Crippen molar-refractivity contribution in [3.8, 4) is 11.1 Å². The van der Waals surface area contributed by atoms with Gasteiger partial charge in [-0.05, 0) is 42.5 Å². The lowest BCUT2D eigenvalue weighted by Gasteiger charge is -2.25. The summed E-state index contributed by atoms with van der Waals surface area (Å²) in [5, 5.41) is 12.7. The van der Waals surface area contributed by atoms with E-state index >= 15 is 0 Å². The van der Waals surface area contributed by atoms with E-state index in [4.69, 9.17) is 5.10 Å². The molecule has 0 radical (unpaired) electrons. The zero-order valence-corrected chi connectivity index (χ0v) is 17.3. The molecule has 1 N–H and O–H groups in total. The number of aromatic nitrogens is 4. The maximum absolute atomic E-state index is 13.1. The highest BCUT2D eigenvalue weighted by molar-refractivity contribution is 5.84. The SMILES string of the molecule is O=C(Cc1ccccc1)N1C2CCC1C(Cn1ncc3cc(-c4cn[nH]c4)ccc31)C2. The fourth-order valence-corrected chi connectivity index (χ4v) is 5.60. The van der Waals surface area contributed by atoms with Crippen LogP contribution in [0.4, 0.5) is 0 Å². The molecule has 2 fully saturated rings. The van der Waals surface area contributed by atoms with Gasteiger partial charge >= 0.3 is 0 Å². The number of H-pyrrole nitrogens is 1. The Kier molecular flexibility index (Phi) is 4.37. The first kappa shape index (κ1) is 18.4. The Bertz CT molecular complexity index is 1210. The van der Waals surface area contributed by atoms with Crippen molar-refractivity contribution in [1.82, 2.24) is 24.9 Å². The number of carbonyl (C=O) groups excluding carboxylic acids is 1. The third-order valence-corrected chi connectivity index (χ3v) is 7.03. The molecule has 2 aliphatic rings. The molecule has 6 heteroatoms. The molecular weight excluding hydrogens is 386 g/mol. The maximum Gasteiger partial charge on any atom is 0.227 e. The molecule has 3 unspecified atom stereocenters. The Morgan fingerprint density at radius 3 is 2.81 bits per heavy atom. The zero-order chi connectivity index (χ0) is 20.8. The van der Waals surface area contributed by atoms with Crippen LogP contribution < -0.4 is 0 Å². The Hall–Kier alpha value is -3.41. The molecule has 0 aliphatic carbocycles. The normalized spacial score (nSPS) is 22.5. The molecule has 4 heterocycles. The summed E-state index contributed by atoms with van der Waals surface area (Å²) < 4.78 is 2.12. The van der Waals surface area contributed by atoms with Gasteiger partial charge in [0, 0.05) is 41.7 Å². The van der Waals surface area contributed by atoms with Crippen LogP contribution in [-0.2, 0) is 17.8 Å². The number of nitrogens with one attached hydrogen (secondary N) is 1. The first-order chi connectivity index (χ1) is 15.3. The van der Waals surface area contributed by atoms with Crippen LogP contribution >= 0.6 is 0 Å². The minimum atomic E-state index is 0.274. The van der Waals surface area contributed by atoms with E-state index in [9.17, 15) is 4.79 Å². The van der Waals surface area contributed by atoms with Crippen LogP contribution in [0, 0.1) is 5.92 Å². The van der Waals surface area contributed by atoms with Gasteiger partial charge in [-0.15, -0.1) is 0 Å². The predicted molar refractivity (Wildman–Crippen MR) is 119 cm³/mol. The Labute approximate surface area is 180 Å². The van der Waals surface area contributed by atoms with Crippen LogP contribution in [0.15, 0.2) is 67.1 Å². The molecule has 0 saturated carbocycles. The number of fused-ring (bicyclic) bond motifs is 3. The first-order valence-corrected chi connectivity index (χ1v) is 11.1. The zero-order valence-electron chi connectivity index (χ0n) is 17.3. The fraction of sp³-hybridized carbons (Fsp3) is 0.320. The van der Waals surface area contributed by atoms with E-state index in [0.29, 0.717) is 24.4 Å². The number of hydrogen-bond acceptors (Lipinski definition) is 3. The lowest BCUT2D eigenvalue weighted by molar-refractivity contribution is -0.131. The van der Waals surface area contributed by atoms with Crippen LogP contribution in [0.3, 0.4) is 0 Å². The summed E-state index contributed by atoms with van der Waals surface area (Å²) in [7, 11) is 0. The van der Waals surface area contributed by atoms with Crippen molar-refractivity contribution in [2.45, 2.75) is 44.3 Å². The Morgan fingerprint density at radius 2 is 1.97 bits per heavy atom. The molecule has 6 nitrogen and oxygen atoms in total. The van der Waals surface area contributed by atoms with Crippen LogP contribution in [0.25, 0.3) is 22.0 Å². The van der Waals surface area contributed by atoms with Gasteiger partial charge in [-0.1, -0.05) is 36.4 Å². The fourth-order valence-electron chi connectivity index (χ4n) is 5.60. The van der Waals surface area contributed by atoms with Crippen LogP contribution in [0.2, 0.25) is 0 Å². The molecular formula is C25H25N5O. The molecule has 156 valence electrons. The molecule has 4 aromatic rings. The smallest absolute Gasteiger partial charge is 0.227 e. The summed E-state index contributed by atoms with van der Waals surface area (Å²) in [5.41, 5.74) is 4.47. The van der Waals surface area contributed by atoms with E-state index in [1.165, 1.54) is 0 Å². The number of benzene rings is 2. The average Bonchev–Trinajstić information content (AvgIpc) is 3.58. The van der Waals surface area contributed by atoms with Gasteiger partial charge in [-0.2, -0.15) is 10.2 Å². The molecule has 2 saturated heterocycles. The van der Waals surface area contributed by atoms with E-state index in [0.717, 1.165) is 53.4 Å². The molecule has 2 aromatic carbocycles. The number of rotatable bonds is 5. The molecule has 3 atom stereocenters. The quantitative estimate of drug-likeness (QED) is 0.539. The summed E-state index contributed by atoms with van der Waals surface area (Å²) in [5.74, 6) is 0.742. The monoisotopic (exact) mass is 411 g/mol. The second-order valence-corrected chi connectivity index (χ2v) is 8.84. The van der Waals surface area contributed by atoms with Gasteiger partial charge in [0.15, 0.2) is 0 Å². The minimum Gasteiger partial charge on any atom is -0.336 e. The molecule has 6 rings (SSSR count). The maximum atomic E-state index is 13.1. The van der Waals surface area contributed by atoms with Gasteiger partial charge < -0.3 is 4.90 Å². The van der Waals surface area contributed by atoms with E-state index in [-0.39, 0.29) is 5.91 Å². The molecule has 31 heavy (non-hydrogen) atoms. The van der Waals surface area contributed by atoms with Gasteiger partial charge in [0.25, 0.3) is 0 Å². The standard InChI is InChI=1S/C25H25N5O/c31-25(10-17-4-2-1-3-5-17)30-22-7-9-24(30)20(12-22)16-29-23-8-6-18(11-19(23)15-28-29)21-13-26-27-14-21/h1-6,8,11,13-15,20,22,24H,7,9-10,12,16H2,(H,26,27). The highest BCUT2D eigenvalue weighted by atomic mass is 16.2. The summed E-state index contributed by atoms with van der Waals surface area (Å²) in [6.45, 7) is 0.866. The van der Waals surface area contributed by atoms with Crippen molar-refractivity contribution >= 4 is 16.8 Å². The van der Waals surface area contributed by atoms with E-state index in [1.807, 2.05) is 48.9 Å².